The van der Waals surface area contributed by atoms with E-state index in [4.69, 9.17) is 0 Å². The van der Waals surface area contributed by atoms with Gasteiger partial charge < -0.3 is 5.11 Å². The van der Waals surface area contributed by atoms with Crippen LogP contribution in [0.1, 0.15) is 17.2 Å². The number of Topliss-reactive ketones (excluding diaryl/α,β-unsaturated/α-hetero) is 1. The van der Waals surface area contributed by atoms with Crippen LogP contribution in [0.2, 0.25) is 0 Å². The maximum absolute atomic E-state index is 13.0. The summed E-state index contributed by atoms with van der Waals surface area (Å²) in [6.45, 7) is 0. The summed E-state index contributed by atoms with van der Waals surface area (Å²) in [4.78, 5) is 37.6. The van der Waals surface area contributed by atoms with Gasteiger partial charge in [-0.25, -0.2) is 0 Å². The number of aliphatic hydroxyl groups is 1. The molecule has 0 spiro atoms. The highest BCUT2D eigenvalue weighted by Crippen LogP contribution is 2.42. The number of hydrogen-bond acceptors (Lipinski definition) is 5. The average molecular weight is 400 g/mol. The van der Waals surface area contributed by atoms with E-state index in [-0.39, 0.29) is 17.0 Å². The number of nitro groups is 1. The lowest BCUT2D eigenvalue weighted by Gasteiger charge is -2.25. The molecule has 0 radical (unpaired) electrons. The number of rotatable bonds is 4. The number of anilines is 1. The van der Waals surface area contributed by atoms with E-state index < -0.39 is 22.7 Å². The Hall–Kier alpha value is -4.26. The third kappa shape index (κ3) is 3.22. The van der Waals surface area contributed by atoms with Gasteiger partial charge in [0.1, 0.15) is 5.76 Å². The van der Waals surface area contributed by atoms with E-state index in [2.05, 4.69) is 0 Å². The molecule has 0 aliphatic carbocycles. The minimum Gasteiger partial charge on any atom is -0.507 e. The maximum atomic E-state index is 13.0. The van der Waals surface area contributed by atoms with Crippen LogP contribution in [-0.4, -0.2) is 21.7 Å². The monoisotopic (exact) mass is 400 g/mol. The highest BCUT2D eigenvalue weighted by Gasteiger charge is 2.46. The third-order valence-electron chi connectivity index (χ3n) is 4.95. The number of nitro benzene ring substituents is 1. The number of benzene rings is 3. The molecule has 1 saturated heterocycles. The third-order valence-corrected chi connectivity index (χ3v) is 4.95. The zero-order chi connectivity index (χ0) is 21.3. The molecular weight excluding hydrogens is 384 g/mol. The lowest BCUT2D eigenvalue weighted by atomic mass is 9.95. The molecule has 7 nitrogen and oxygen atoms in total. The summed E-state index contributed by atoms with van der Waals surface area (Å²) >= 11 is 0. The summed E-state index contributed by atoms with van der Waals surface area (Å²) in [6.07, 6.45) is 0. The second kappa shape index (κ2) is 7.63. The molecule has 4 rings (SSSR count). The Labute approximate surface area is 171 Å². The van der Waals surface area contributed by atoms with E-state index in [1.807, 2.05) is 0 Å². The first-order chi connectivity index (χ1) is 14.5. The van der Waals surface area contributed by atoms with Crippen LogP contribution < -0.4 is 4.90 Å². The molecule has 0 unspecified atom stereocenters. The Bertz CT molecular complexity index is 1160. The molecule has 1 aliphatic heterocycles. The second-order valence-corrected chi connectivity index (χ2v) is 6.72. The lowest BCUT2D eigenvalue weighted by Crippen LogP contribution is -2.29. The molecule has 148 valence electrons. The summed E-state index contributed by atoms with van der Waals surface area (Å²) in [5.41, 5.74) is 1.21. The zero-order valence-corrected chi connectivity index (χ0v) is 15.6. The number of aliphatic hydroxyl groups excluding tert-OH is 1. The fraction of sp³-hybridized carbons (Fsp3) is 0.0435. The summed E-state index contributed by atoms with van der Waals surface area (Å²) < 4.78 is 0. The minimum atomic E-state index is -0.868. The highest BCUT2D eigenvalue weighted by atomic mass is 16.6. The molecule has 1 amide bonds. The van der Waals surface area contributed by atoms with Crippen LogP contribution in [0.5, 0.6) is 0 Å². The van der Waals surface area contributed by atoms with Crippen LogP contribution >= 0.6 is 0 Å². The van der Waals surface area contributed by atoms with E-state index >= 15 is 0 Å². The Kier molecular flexibility index (Phi) is 4.85. The smallest absolute Gasteiger partial charge is 0.300 e. The van der Waals surface area contributed by atoms with Gasteiger partial charge in [-0.1, -0.05) is 60.7 Å². The molecule has 3 aromatic rings. The Morgan fingerprint density at radius 2 is 1.43 bits per heavy atom. The largest absolute Gasteiger partial charge is 0.507 e. The molecule has 30 heavy (non-hydrogen) atoms. The number of amides is 1. The Morgan fingerprint density at radius 3 is 2.00 bits per heavy atom. The summed E-state index contributed by atoms with van der Waals surface area (Å²) in [7, 11) is 0. The number of ketones is 1. The number of nitrogens with zero attached hydrogens (tertiary/aromatic N) is 2. The molecule has 7 heteroatoms. The van der Waals surface area contributed by atoms with Gasteiger partial charge in [0, 0.05) is 23.4 Å². The van der Waals surface area contributed by atoms with Gasteiger partial charge in [-0.3, -0.25) is 24.6 Å². The maximum Gasteiger partial charge on any atom is 0.300 e. The van der Waals surface area contributed by atoms with Gasteiger partial charge in [0.05, 0.1) is 16.5 Å². The fourth-order valence-electron chi connectivity index (χ4n) is 3.54. The van der Waals surface area contributed by atoms with E-state index in [1.54, 1.807) is 60.7 Å². The predicted molar refractivity (Wildman–Crippen MR) is 111 cm³/mol. The summed E-state index contributed by atoms with van der Waals surface area (Å²) in [5.74, 6) is -1.90. The van der Waals surface area contributed by atoms with Crippen molar-refractivity contribution in [1.29, 1.82) is 0 Å². The van der Waals surface area contributed by atoms with E-state index in [9.17, 15) is 24.8 Å². The van der Waals surface area contributed by atoms with Crippen molar-refractivity contribution in [2.24, 2.45) is 0 Å². The number of non-ortho nitro benzene ring substituents is 1. The first-order valence-corrected chi connectivity index (χ1v) is 9.15. The average Bonchev–Trinajstić information content (AvgIpc) is 3.05. The molecule has 1 fully saturated rings. The van der Waals surface area contributed by atoms with Crippen molar-refractivity contribution in [3.05, 3.63) is 112 Å². The van der Waals surface area contributed by atoms with Gasteiger partial charge in [-0.2, -0.15) is 0 Å². The van der Waals surface area contributed by atoms with Gasteiger partial charge >= 0.3 is 0 Å². The van der Waals surface area contributed by atoms with Crippen molar-refractivity contribution in [1.82, 2.24) is 0 Å². The predicted octanol–water partition coefficient (Wildman–Crippen LogP) is 4.22. The topological polar surface area (TPSA) is 101 Å². The van der Waals surface area contributed by atoms with Crippen LogP contribution in [0.25, 0.3) is 5.76 Å². The number of hydrogen-bond donors (Lipinski definition) is 1. The number of carbonyl (C=O) groups excluding carboxylic acids is 2. The SMILES string of the molecule is O=C1C(=O)N(c2ccc([N+](=O)[O-])cc2)[C@@H](c2ccccc2)C1=C(O)c1ccccc1. The molecule has 1 aliphatic rings. The van der Waals surface area contributed by atoms with Crippen molar-refractivity contribution < 1.29 is 19.6 Å². The molecule has 1 N–H and O–H groups in total. The quantitative estimate of drug-likeness (QED) is 0.232. The molecule has 1 heterocycles. The van der Waals surface area contributed by atoms with Crippen molar-refractivity contribution in [3.63, 3.8) is 0 Å². The van der Waals surface area contributed by atoms with Crippen LogP contribution in [0.15, 0.2) is 90.5 Å². The van der Waals surface area contributed by atoms with Crippen molar-refractivity contribution in [3.8, 4) is 0 Å². The van der Waals surface area contributed by atoms with Gasteiger partial charge in [0.25, 0.3) is 17.4 Å². The zero-order valence-electron chi connectivity index (χ0n) is 15.6. The normalized spacial score (nSPS) is 17.9. The van der Waals surface area contributed by atoms with Crippen molar-refractivity contribution in [2.45, 2.75) is 6.04 Å². The van der Waals surface area contributed by atoms with E-state index in [0.717, 1.165) is 0 Å². The lowest BCUT2D eigenvalue weighted by molar-refractivity contribution is -0.384. The number of carbonyl (C=O) groups is 2. The molecule has 3 aromatic carbocycles. The highest BCUT2D eigenvalue weighted by molar-refractivity contribution is 6.51. The van der Waals surface area contributed by atoms with Crippen molar-refractivity contribution in [2.75, 3.05) is 4.90 Å². The molecular formula is C23H16N2O5. The molecule has 0 saturated carbocycles. The first kappa shape index (κ1) is 19.1. The first-order valence-electron chi connectivity index (χ1n) is 9.15. The van der Waals surface area contributed by atoms with Crippen LogP contribution in [0.3, 0.4) is 0 Å². The van der Waals surface area contributed by atoms with E-state index in [0.29, 0.717) is 16.8 Å². The van der Waals surface area contributed by atoms with Crippen LogP contribution in [-0.2, 0) is 9.59 Å². The standard InChI is InChI=1S/C23H16N2O5/c26-21(16-9-5-2-6-10-16)19-20(15-7-3-1-4-8-15)24(23(28)22(19)27)17-11-13-18(14-12-17)25(29)30/h1-14,20,26H/t20-/m0/s1. The summed E-state index contributed by atoms with van der Waals surface area (Å²) in [5, 5.41) is 21.9. The Balaban J connectivity index is 1.91. The van der Waals surface area contributed by atoms with Gasteiger partial charge in [-0.05, 0) is 17.7 Å². The van der Waals surface area contributed by atoms with Crippen LogP contribution in [0, 0.1) is 10.1 Å². The van der Waals surface area contributed by atoms with Crippen LogP contribution in [0.4, 0.5) is 11.4 Å². The summed E-state index contributed by atoms with van der Waals surface area (Å²) in [6, 6.07) is 21.9. The second-order valence-electron chi connectivity index (χ2n) is 6.72. The Morgan fingerprint density at radius 1 is 0.867 bits per heavy atom. The molecule has 1 atom stereocenters. The van der Waals surface area contributed by atoms with Gasteiger partial charge in [-0.15, -0.1) is 0 Å². The molecule has 0 bridgehead atoms. The van der Waals surface area contributed by atoms with Crippen molar-refractivity contribution >= 4 is 28.8 Å². The van der Waals surface area contributed by atoms with Gasteiger partial charge in [0.2, 0.25) is 0 Å². The van der Waals surface area contributed by atoms with Gasteiger partial charge in [0.15, 0.2) is 0 Å². The van der Waals surface area contributed by atoms with E-state index in [1.165, 1.54) is 29.2 Å². The fourth-order valence-corrected chi connectivity index (χ4v) is 3.54. The minimum absolute atomic E-state index is 0.0317. The molecule has 0 aromatic heterocycles.